The van der Waals surface area contributed by atoms with E-state index in [9.17, 15) is 22.4 Å². The van der Waals surface area contributed by atoms with Crippen LogP contribution in [0.5, 0.6) is 0 Å². The van der Waals surface area contributed by atoms with Crippen LogP contribution in [0.25, 0.3) is 0 Å². The normalized spacial score (nSPS) is 17.3. The maximum atomic E-state index is 13.2. The van der Waals surface area contributed by atoms with Crippen LogP contribution in [0.1, 0.15) is 25.7 Å². The Hall–Kier alpha value is -2.78. The Morgan fingerprint density at radius 2 is 1.70 bits per heavy atom. The number of benzene rings is 2. The molecule has 0 unspecified atom stereocenters. The number of hydrogen-bond donors (Lipinski definition) is 2. The first-order valence-corrected chi connectivity index (χ1v) is 11.2. The molecule has 30 heavy (non-hydrogen) atoms. The second-order valence-electron chi connectivity index (χ2n) is 7.08. The number of amides is 2. The minimum absolute atomic E-state index is 0.0436. The summed E-state index contributed by atoms with van der Waals surface area (Å²) in [7, 11) is -3.76. The fraction of sp³-hybridized carbons (Fsp3) is 0.333. The lowest BCUT2D eigenvalue weighted by molar-refractivity contribution is -0.136. The Labute approximate surface area is 175 Å². The summed E-state index contributed by atoms with van der Waals surface area (Å²) >= 11 is 0. The number of nitrogens with zero attached hydrogens (tertiary/aromatic N) is 1. The van der Waals surface area contributed by atoms with E-state index >= 15 is 0 Å². The Balaban J connectivity index is 1.57. The van der Waals surface area contributed by atoms with Gasteiger partial charge >= 0.3 is 11.8 Å². The van der Waals surface area contributed by atoms with Gasteiger partial charge in [0.15, 0.2) is 0 Å². The third-order valence-corrected chi connectivity index (χ3v) is 6.96. The summed E-state index contributed by atoms with van der Waals surface area (Å²) in [6, 6.07) is 13.1. The van der Waals surface area contributed by atoms with Crippen LogP contribution in [-0.2, 0) is 19.6 Å². The van der Waals surface area contributed by atoms with Crippen LogP contribution < -0.4 is 10.6 Å². The average Bonchev–Trinajstić information content (AvgIpc) is 2.75. The first kappa shape index (κ1) is 21.9. The molecule has 2 aromatic carbocycles. The van der Waals surface area contributed by atoms with Crippen molar-refractivity contribution in [1.29, 1.82) is 0 Å². The second-order valence-corrected chi connectivity index (χ2v) is 8.97. The van der Waals surface area contributed by atoms with Crippen molar-refractivity contribution in [3.63, 3.8) is 0 Å². The number of carbonyl (C=O) groups excluding carboxylic acids is 2. The number of piperidine rings is 1. The number of anilines is 1. The molecule has 1 fully saturated rings. The number of nitrogens with one attached hydrogen (secondary N) is 2. The van der Waals surface area contributed by atoms with Gasteiger partial charge in [-0.1, -0.05) is 24.6 Å². The number of carbonyl (C=O) groups is 2. The van der Waals surface area contributed by atoms with Gasteiger partial charge in [-0.05, 0) is 55.7 Å². The molecule has 1 saturated heterocycles. The molecule has 3 rings (SSSR count). The van der Waals surface area contributed by atoms with Gasteiger partial charge in [-0.15, -0.1) is 0 Å². The van der Waals surface area contributed by atoms with Gasteiger partial charge in [-0.2, -0.15) is 4.31 Å². The zero-order valence-electron chi connectivity index (χ0n) is 16.4. The van der Waals surface area contributed by atoms with Crippen LogP contribution in [0.2, 0.25) is 0 Å². The summed E-state index contributed by atoms with van der Waals surface area (Å²) in [4.78, 5) is 24.0. The molecular formula is C21H24FN3O4S. The highest BCUT2D eigenvalue weighted by atomic mass is 32.2. The van der Waals surface area contributed by atoms with Crippen molar-refractivity contribution < 1.29 is 22.4 Å². The highest BCUT2D eigenvalue weighted by Gasteiger charge is 2.33. The standard InChI is InChI=1S/C21H24FN3O4S/c22-16-9-11-19(12-10-16)30(28,29)25-15-5-4-8-18(25)13-14-23-20(26)21(27)24-17-6-2-1-3-7-17/h1-3,6-7,9-12,18H,4-5,8,13-15H2,(H,23,26)(H,24,27)/t18-/m0/s1. The number of halogens is 1. The van der Waals surface area contributed by atoms with E-state index in [0.29, 0.717) is 25.1 Å². The van der Waals surface area contributed by atoms with Crippen molar-refractivity contribution in [2.24, 2.45) is 0 Å². The van der Waals surface area contributed by atoms with Crippen molar-refractivity contribution in [3.8, 4) is 0 Å². The van der Waals surface area contributed by atoms with Crippen molar-refractivity contribution in [2.75, 3.05) is 18.4 Å². The molecule has 160 valence electrons. The predicted molar refractivity (Wildman–Crippen MR) is 111 cm³/mol. The van der Waals surface area contributed by atoms with Crippen molar-refractivity contribution >= 4 is 27.5 Å². The monoisotopic (exact) mass is 433 g/mol. The second kappa shape index (κ2) is 9.82. The zero-order valence-corrected chi connectivity index (χ0v) is 17.2. The number of hydrogen-bond acceptors (Lipinski definition) is 4. The lowest BCUT2D eigenvalue weighted by Crippen LogP contribution is -2.45. The van der Waals surface area contributed by atoms with E-state index in [1.165, 1.54) is 16.4 Å². The molecule has 2 N–H and O–H groups in total. The molecule has 0 spiro atoms. The molecule has 2 aromatic rings. The van der Waals surface area contributed by atoms with Crippen molar-refractivity contribution in [2.45, 2.75) is 36.6 Å². The van der Waals surface area contributed by atoms with Crippen LogP contribution in [0.15, 0.2) is 59.5 Å². The van der Waals surface area contributed by atoms with Gasteiger partial charge in [0, 0.05) is 24.8 Å². The van der Waals surface area contributed by atoms with E-state index in [-0.39, 0.29) is 17.5 Å². The lowest BCUT2D eigenvalue weighted by atomic mass is 10.0. The molecular weight excluding hydrogens is 409 g/mol. The quantitative estimate of drug-likeness (QED) is 0.685. The highest BCUT2D eigenvalue weighted by molar-refractivity contribution is 7.89. The highest BCUT2D eigenvalue weighted by Crippen LogP contribution is 2.27. The van der Waals surface area contributed by atoms with Gasteiger partial charge in [-0.3, -0.25) is 9.59 Å². The summed E-state index contributed by atoms with van der Waals surface area (Å²) in [5.74, 6) is -2.05. The largest absolute Gasteiger partial charge is 0.348 e. The predicted octanol–water partition coefficient (Wildman–Crippen LogP) is 2.51. The SMILES string of the molecule is O=C(NCC[C@@H]1CCCCN1S(=O)(=O)c1ccc(F)cc1)C(=O)Nc1ccccc1. The lowest BCUT2D eigenvalue weighted by Gasteiger charge is -2.34. The molecule has 7 nitrogen and oxygen atoms in total. The van der Waals surface area contributed by atoms with Crippen LogP contribution in [0, 0.1) is 5.82 Å². The molecule has 0 saturated carbocycles. The van der Waals surface area contributed by atoms with E-state index in [1.807, 2.05) is 0 Å². The average molecular weight is 434 g/mol. The van der Waals surface area contributed by atoms with Gasteiger partial charge in [-0.25, -0.2) is 12.8 Å². The van der Waals surface area contributed by atoms with E-state index in [2.05, 4.69) is 10.6 Å². The molecule has 1 aliphatic heterocycles. The third kappa shape index (κ3) is 5.43. The molecule has 1 atom stereocenters. The first-order chi connectivity index (χ1) is 14.4. The third-order valence-electron chi connectivity index (χ3n) is 4.99. The van der Waals surface area contributed by atoms with Crippen LogP contribution >= 0.6 is 0 Å². The molecule has 1 heterocycles. The minimum Gasteiger partial charge on any atom is -0.348 e. The number of rotatable bonds is 6. The molecule has 9 heteroatoms. The summed E-state index contributed by atoms with van der Waals surface area (Å²) in [6.45, 7) is 0.536. The Morgan fingerprint density at radius 3 is 2.40 bits per heavy atom. The van der Waals surface area contributed by atoms with E-state index in [0.717, 1.165) is 25.0 Å². The van der Waals surface area contributed by atoms with Crippen LogP contribution in [0.4, 0.5) is 10.1 Å². The van der Waals surface area contributed by atoms with Crippen LogP contribution in [-0.4, -0.2) is 43.7 Å². The van der Waals surface area contributed by atoms with Crippen LogP contribution in [0.3, 0.4) is 0 Å². The summed E-state index contributed by atoms with van der Waals surface area (Å²) < 4.78 is 40.5. The molecule has 1 aliphatic rings. The van der Waals surface area contributed by atoms with E-state index in [4.69, 9.17) is 0 Å². The van der Waals surface area contributed by atoms with Crippen molar-refractivity contribution in [3.05, 3.63) is 60.4 Å². The smallest absolute Gasteiger partial charge is 0.313 e. The number of sulfonamides is 1. The Kier molecular flexibility index (Phi) is 7.17. The van der Waals surface area contributed by atoms with Gasteiger partial charge in [0.05, 0.1) is 4.90 Å². The van der Waals surface area contributed by atoms with Gasteiger partial charge < -0.3 is 10.6 Å². The fourth-order valence-electron chi connectivity index (χ4n) is 3.46. The summed E-state index contributed by atoms with van der Waals surface area (Å²) in [5, 5.41) is 5.05. The zero-order chi connectivity index (χ0) is 21.6. The van der Waals surface area contributed by atoms with Gasteiger partial charge in [0.2, 0.25) is 10.0 Å². The maximum Gasteiger partial charge on any atom is 0.313 e. The van der Waals surface area contributed by atoms with E-state index < -0.39 is 27.7 Å². The number of para-hydroxylation sites is 1. The van der Waals surface area contributed by atoms with Gasteiger partial charge in [0.25, 0.3) is 0 Å². The molecule has 0 bridgehead atoms. The minimum atomic E-state index is -3.76. The summed E-state index contributed by atoms with van der Waals surface area (Å²) in [6.07, 6.45) is 2.66. The first-order valence-electron chi connectivity index (χ1n) is 9.79. The molecule has 0 aliphatic carbocycles. The Bertz CT molecular complexity index is 981. The van der Waals surface area contributed by atoms with Gasteiger partial charge in [0.1, 0.15) is 5.82 Å². The van der Waals surface area contributed by atoms with Crippen molar-refractivity contribution in [1.82, 2.24) is 9.62 Å². The topological polar surface area (TPSA) is 95.6 Å². The molecule has 0 aromatic heterocycles. The van der Waals surface area contributed by atoms with E-state index in [1.54, 1.807) is 30.3 Å². The Morgan fingerprint density at radius 1 is 1.00 bits per heavy atom. The summed E-state index contributed by atoms with van der Waals surface area (Å²) in [5.41, 5.74) is 0.515. The fourth-order valence-corrected chi connectivity index (χ4v) is 5.19. The maximum absolute atomic E-state index is 13.2. The molecule has 2 amide bonds. The molecule has 0 radical (unpaired) electrons.